The van der Waals surface area contributed by atoms with Gasteiger partial charge in [0.15, 0.2) is 0 Å². The Morgan fingerprint density at radius 3 is 1.91 bits per heavy atom. The molecule has 0 radical (unpaired) electrons. The number of nitrogens with zero attached hydrogens (tertiary/aromatic N) is 4. The number of azide groups is 1. The van der Waals surface area contributed by atoms with Gasteiger partial charge in [0.1, 0.15) is 0 Å². The third kappa shape index (κ3) is 5.75. The van der Waals surface area contributed by atoms with Crippen LogP contribution in [0.2, 0.25) is 0 Å². The van der Waals surface area contributed by atoms with Gasteiger partial charge in [-0.15, -0.1) is 0 Å². The first-order valence-electron chi connectivity index (χ1n) is 7.77. The van der Waals surface area contributed by atoms with Gasteiger partial charge < -0.3 is 5.11 Å². The smallest absolute Gasteiger partial charge is 0.0445 e. The van der Waals surface area contributed by atoms with Crippen molar-refractivity contribution in [2.45, 2.75) is 25.6 Å². The Balaban J connectivity index is 2.19. The minimum Gasteiger partial charge on any atom is -0.396 e. The highest BCUT2D eigenvalue weighted by molar-refractivity contribution is 5.17. The van der Waals surface area contributed by atoms with E-state index < -0.39 is 0 Å². The van der Waals surface area contributed by atoms with E-state index in [0.29, 0.717) is 13.0 Å². The molecule has 0 saturated heterocycles. The maximum atomic E-state index is 9.36. The summed E-state index contributed by atoms with van der Waals surface area (Å²) in [6, 6.07) is 20.4. The van der Waals surface area contributed by atoms with Crippen molar-refractivity contribution in [1.29, 1.82) is 0 Å². The molecule has 120 valence electrons. The first-order chi connectivity index (χ1) is 11.3. The molecule has 2 aromatic rings. The van der Waals surface area contributed by atoms with Crippen molar-refractivity contribution in [3.05, 3.63) is 82.2 Å². The van der Waals surface area contributed by atoms with E-state index in [9.17, 15) is 5.11 Å². The molecule has 0 amide bonds. The summed E-state index contributed by atoms with van der Waals surface area (Å²) in [6.07, 6.45) is 0.582. The monoisotopic (exact) mass is 310 g/mol. The normalized spacial score (nSPS) is 11.9. The molecule has 2 aromatic carbocycles. The van der Waals surface area contributed by atoms with Crippen LogP contribution in [0.3, 0.4) is 0 Å². The third-order valence-electron chi connectivity index (χ3n) is 3.79. The van der Waals surface area contributed by atoms with E-state index in [1.54, 1.807) is 0 Å². The predicted octanol–water partition coefficient (Wildman–Crippen LogP) is 3.75. The minimum atomic E-state index is 0.0105. The SMILES string of the molecule is [N-]=[N+]=NC[C@H](CCO)N(Cc1ccccc1)Cc1ccccc1. The fourth-order valence-electron chi connectivity index (χ4n) is 2.62. The highest BCUT2D eigenvalue weighted by Gasteiger charge is 2.18. The Hall–Kier alpha value is -2.33. The van der Waals surface area contributed by atoms with Crippen LogP contribution < -0.4 is 0 Å². The molecule has 0 aliphatic carbocycles. The molecule has 0 bridgehead atoms. The first-order valence-corrected chi connectivity index (χ1v) is 7.77. The highest BCUT2D eigenvalue weighted by Crippen LogP contribution is 2.16. The van der Waals surface area contributed by atoms with Crippen molar-refractivity contribution in [2.24, 2.45) is 5.11 Å². The molecule has 0 spiro atoms. The maximum absolute atomic E-state index is 9.36. The standard InChI is InChI=1S/C18H22N4O/c19-21-20-13-18(11-12-23)22(14-16-7-3-1-4-8-16)15-17-9-5-2-6-10-17/h1-10,18,23H,11-15H2/t18-/m0/s1. The van der Waals surface area contributed by atoms with Crippen LogP contribution in [0.25, 0.3) is 10.4 Å². The van der Waals surface area contributed by atoms with Crippen molar-refractivity contribution in [1.82, 2.24) is 4.90 Å². The number of hydrogen-bond acceptors (Lipinski definition) is 3. The molecule has 0 aliphatic rings. The average Bonchev–Trinajstić information content (AvgIpc) is 2.60. The molecule has 0 heterocycles. The van der Waals surface area contributed by atoms with Crippen LogP contribution in [0.4, 0.5) is 0 Å². The van der Waals surface area contributed by atoms with Crippen molar-refractivity contribution in [2.75, 3.05) is 13.2 Å². The van der Waals surface area contributed by atoms with Gasteiger partial charge in [-0.3, -0.25) is 4.90 Å². The topological polar surface area (TPSA) is 72.2 Å². The lowest BCUT2D eigenvalue weighted by molar-refractivity contribution is 0.146. The Morgan fingerprint density at radius 1 is 0.957 bits per heavy atom. The summed E-state index contributed by atoms with van der Waals surface area (Å²) < 4.78 is 0. The second kappa shape index (κ2) is 9.64. The molecular weight excluding hydrogens is 288 g/mol. The summed E-state index contributed by atoms with van der Waals surface area (Å²) in [6.45, 7) is 1.94. The molecule has 2 rings (SSSR count). The number of aliphatic hydroxyl groups is 1. The zero-order chi connectivity index (χ0) is 16.3. The lowest BCUT2D eigenvalue weighted by Gasteiger charge is -2.31. The van der Waals surface area contributed by atoms with Crippen molar-refractivity contribution >= 4 is 0 Å². The van der Waals surface area contributed by atoms with Gasteiger partial charge in [-0.05, 0) is 23.1 Å². The van der Waals surface area contributed by atoms with Crippen molar-refractivity contribution < 1.29 is 5.11 Å². The van der Waals surface area contributed by atoms with Crippen LogP contribution in [0.5, 0.6) is 0 Å². The zero-order valence-electron chi connectivity index (χ0n) is 13.1. The molecule has 0 aromatic heterocycles. The van der Waals surface area contributed by atoms with Crippen molar-refractivity contribution in [3.63, 3.8) is 0 Å². The van der Waals surface area contributed by atoms with Gasteiger partial charge in [0.2, 0.25) is 0 Å². The van der Waals surface area contributed by atoms with Gasteiger partial charge in [-0.25, -0.2) is 0 Å². The van der Waals surface area contributed by atoms with Gasteiger partial charge in [0.05, 0.1) is 0 Å². The number of benzene rings is 2. The zero-order valence-corrected chi connectivity index (χ0v) is 13.1. The second-order valence-corrected chi connectivity index (χ2v) is 5.46. The third-order valence-corrected chi connectivity index (χ3v) is 3.79. The van der Waals surface area contributed by atoms with Gasteiger partial charge in [-0.2, -0.15) is 0 Å². The van der Waals surface area contributed by atoms with Crippen LogP contribution in [-0.4, -0.2) is 29.2 Å². The highest BCUT2D eigenvalue weighted by atomic mass is 16.3. The Kier molecular flexibility index (Phi) is 7.14. The van der Waals surface area contributed by atoms with Crippen LogP contribution in [0, 0.1) is 0 Å². The summed E-state index contributed by atoms with van der Waals surface area (Å²) in [5, 5.41) is 13.1. The summed E-state index contributed by atoms with van der Waals surface area (Å²) >= 11 is 0. The Labute approximate surface area is 136 Å². The number of hydrogen-bond donors (Lipinski definition) is 1. The van der Waals surface area contributed by atoms with Gasteiger partial charge in [-0.1, -0.05) is 65.8 Å². The van der Waals surface area contributed by atoms with Crippen LogP contribution in [0.15, 0.2) is 65.8 Å². The number of rotatable bonds is 9. The number of aliphatic hydroxyl groups excluding tert-OH is 1. The molecular formula is C18H22N4O. The van der Waals surface area contributed by atoms with Gasteiger partial charge in [0, 0.05) is 37.2 Å². The molecule has 23 heavy (non-hydrogen) atoms. The largest absolute Gasteiger partial charge is 0.396 e. The molecule has 5 heteroatoms. The maximum Gasteiger partial charge on any atom is 0.0445 e. The van der Waals surface area contributed by atoms with E-state index in [4.69, 9.17) is 5.53 Å². The van der Waals surface area contributed by atoms with Crippen LogP contribution in [0.1, 0.15) is 17.5 Å². The van der Waals surface area contributed by atoms with Gasteiger partial charge in [0.25, 0.3) is 0 Å². The Bertz CT molecular complexity index is 570. The minimum absolute atomic E-state index is 0.0105. The summed E-state index contributed by atoms with van der Waals surface area (Å²) in [5.74, 6) is 0. The van der Waals surface area contributed by atoms with Gasteiger partial charge >= 0.3 is 0 Å². The fraction of sp³-hybridized carbons (Fsp3) is 0.333. The molecule has 0 saturated carbocycles. The summed E-state index contributed by atoms with van der Waals surface area (Å²) in [7, 11) is 0. The lowest BCUT2D eigenvalue weighted by atomic mass is 10.1. The van der Waals surface area contributed by atoms with Crippen molar-refractivity contribution in [3.8, 4) is 0 Å². The van der Waals surface area contributed by atoms with Crippen LogP contribution in [-0.2, 0) is 13.1 Å². The molecule has 1 N–H and O–H groups in total. The fourth-order valence-corrected chi connectivity index (χ4v) is 2.62. The van der Waals surface area contributed by atoms with E-state index in [2.05, 4.69) is 39.2 Å². The molecule has 5 nitrogen and oxygen atoms in total. The van der Waals surface area contributed by atoms with E-state index in [1.165, 1.54) is 11.1 Å². The first kappa shape index (κ1) is 17.0. The lowest BCUT2D eigenvalue weighted by Crippen LogP contribution is -2.37. The summed E-state index contributed by atoms with van der Waals surface area (Å²) in [4.78, 5) is 5.13. The van der Waals surface area contributed by atoms with E-state index in [1.807, 2.05) is 36.4 Å². The molecule has 0 aliphatic heterocycles. The molecule has 0 unspecified atom stereocenters. The Morgan fingerprint density at radius 2 is 1.48 bits per heavy atom. The second-order valence-electron chi connectivity index (χ2n) is 5.46. The summed E-state index contributed by atoms with van der Waals surface area (Å²) in [5.41, 5.74) is 11.0. The average molecular weight is 310 g/mol. The van der Waals surface area contributed by atoms with E-state index >= 15 is 0 Å². The quantitative estimate of drug-likeness (QED) is 0.435. The van der Waals surface area contributed by atoms with E-state index in [-0.39, 0.29) is 12.6 Å². The van der Waals surface area contributed by atoms with E-state index in [0.717, 1.165) is 13.1 Å². The molecule has 1 atom stereocenters. The molecule has 0 fully saturated rings. The van der Waals surface area contributed by atoms with Crippen LogP contribution >= 0.6 is 0 Å². The predicted molar refractivity (Wildman–Crippen MR) is 91.6 cm³/mol.